The summed E-state index contributed by atoms with van der Waals surface area (Å²) in [4.78, 5) is 30.3. The number of piperidine rings is 1. The number of anilines is 5. The van der Waals surface area contributed by atoms with Gasteiger partial charge in [-0.05, 0) is 44.0 Å². The second-order valence-corrected chi connectivity index (χ2v) is 10.4. The van der Waals surface area contributed by atoms with Crippen LogP contribution in [0.25, 0.3) is 0 Å². The Hall–Kier alpha value is -4.04. The number of phenolic OH excluding ortho intramolecular Hbond substituents is 1. The highest BCUT2D eigenvalue weighted by atomic mass is 16.3. The van der Waals surface area contributed by atoms with E-state index >= 15 is 0 Å². The third-order valence-electron chi connectivity index (χ3n) is 7.23. The number of hydrogen-bond acceptors (Lipinski definition) is 12. The minimum atomic E-state index is -0.585. The predicted octanol–water partition coefficient (Wildman–Crippen LogP) is 0.645. The van der Waals surface area contributed by atoms with Crippen LogP contribution in [0, 0.1) is 6.92 Å². The second-order valence-electron chi connectivity index (χ2n) is 10.4. The lowest BCUT2D eigenvalue weighted by Gasteiger charge is -2.35. The Balaban J connectivity index is 1.40. The van der Waals surface area contributed by atoms with E-state index in [4.69, 9.17) is 22.2 Å². The van der Waals surface area contributed by atoms with Crippen LogP contribution in [0.4, 0.5) is 29.2 Å². The second kappa shape index (κ2) is 11.6. The number of rotatable bonds is 7. The maximum absolute atomic E-state index is 12.6. The van der Waals surface area contributed by atoms with Crippen LogP contribution in [0.1, 0.15) is 28.8 Å². The summed E-state index contributed by atoms with van der Waals surface area (Å²) in [5, 5.41) is 26.9. The summed E-state index contributed by atoms with van der Waals surface area (Å²) in [6, 6.07) is 11.4. The number of aryl methyl sites for hydroxylation is 1. The van der Waals surface area contributed by atoms with Crippen molar-refractivity contribution >= 4 is 35.1 Å². The van der Waals surface area contributed by atoms with Crippen LogP contribution in [-0.4, -0.2) is 81.5 Å². The van der Waals surface area contributed by atoms with Gasteiger partial charge in [0.25, 0.3) is 5.91 Å². The molecular formula is C27H36N10O3. The summed E-state index contributed by atoms with van der Waals surface area (Å²) < 4.78 is 0. The summed E-state index contributed by atoms with van der Waals surface area (Å²) in [7, 11) is 0. The number of amides is 1. The van der Waals surface area contributed by atoms with Gasteiger partial charge in [0.15, 0.2) is 0 Å². The van der Waals surface area contributed by atoms with E-state index in [0.717, 1.165) is 5.56 Å². The standard InChI is InChI=1S/C27H36N10O3/c1-15-2-4-16(5-3-15)24(40)32-20-7-6-19(11-23(20)39)31-25-33-26(36-13-17(29)10-18(30)14-36)35-27(34-25)37-9-8-22(38)21(37)12-28/h2-7,11,17-18,21-22,38-39H,8-10,12-14,28-30H2,1H3,(H,32,40)(H,31,33,34,35)/t17-,18+,21-,22-/m0/s1. The fraction of sp³-hybridized carbons (Fsp3) is 0.407. The highest BCUT2D eigenvalue weighted by Crippen LogP contribution is 2.30. The topological polar surface area (TPSA) is 205 Å². The molecule has 0 spiro atoms. The zero-order valence-electron chi connectivity index (χ0n) is 22.4. The minimum Gasteiger partial charge on any atom is -0.506 e. The fourth-order valence-electron chi connectivity index (χ4n) is 5.14. The number of phenols is 1. The van der Waals surface area contributed by atoms with Crippen LogP contribution in [0.15, 0.2) is 42.5 Å². The normalized spacial score (nSPS) is 22.8. The SMILES string of the molecule is Cc1ccc(C(=O)Nc2ccc(Nc3nc(N4C[C@H](N)C[C@H](N)C4)nc(N4CC[C@H](O)[C@@H]4CN)n3)cc2O)cc1. The van der Waals surface area contributed by atoms with E-state index in [1.165, 1.54) is 6.07 Å². The third-order valence-corrected chi connectivity index (χ3v) is 7.23. The molecule has 2 aliphatic rings. The molecule has 0 unspecified atom stereocenters. The van der Waals surface area contributed by atoms with Crippen molar-refractivity contribution in [3.05, 3.63) is 53.6 Å². The largest absolute Gasteiger partial charge is 0.506 e. The summed E-state index contributed by atoms with van der Waals surface area (Å²) >= 11 is 0. The predicted molar refractivity (Wildman–Crippen MR) is 154 cm³/mol. The lowest BCUT2D eigenvalue weighted by Crippen LogP contribution is -2.53. The number of hydrogen-bond donors (Lipinski definition) is 7. The summed E-state index contributed by atoms with van der Waals surface area (Å²) in [5.74, 6) is 0.558. The number of aromatic nitrogens is 3. The number of aliphatic hydroxyl groups is 1. The number of aromatic hydroxyl groups is 1. The molecule has 13 nitrogen and oxygen atoms in total. The molecule has 3 aromatic rings. The molecule has 13 heteroatoms. The fourth-order valence-corrected chi connectivity index (χ4v) is 5.14. The van der Waals surface area contributed by atoms with Gasteiger partial charge in [-0.25, -0.2) is 0 Å². The molecule has 0 bridgehead atoms. The van der Waals surface area contributed by atoms with Gasteiger partial charge in [0.05, 0.1) is 17.8 Å². The molecule has 2 aliphatic heterocycles. The number of nitrogens with two attached hydrogens (primary N) is 3. The summed E-state index contributed by atoms with van der Waals surface area (Å²) in [5.41, 5.74) is 20.7. The van der Waals surface area contributed by atoms with Gasteiger partial charge in [0.1, 0.15) is 5.75 Å². The quantitative estimate of drug-likeness (QED) is 0.203. The first-order valence-corrected chi connectivity index (χ1v) is 13.3. The van der Waals surface area contributed by atoms with Gasteiger partial charge in [-0.2, -0.15) is 15.0 Å². The molecule has 0 radical (unpaired) electrons. The van der Waals surface area contributed by atoms with Crippen molar-refractivity contribution in [1.29, 1.82) is 0 Å². The van der Waals surface area contributed by atoms with Crippen molar-refractivity contribution in [2.75, 3.05) is 46.6 Å². The smallest absolute Gasteiger partial charge is 0.255 e. The molecule has 212 valence electrons. The van der Waals surface area contributed by atoms with Gasteiger partial charge in [0.2, 0.25) is 17.8 Å². The van der Waals surface area contributed by atoms with Crippen LogP contribution < -0.4 is 37.6 Å². The molecule has 1 amide bonds. The molecule has 2 fully saturated rings. The first kappa shape index (κ1) is 27.5. The number of carbonyl (C=O) groups excluding carboxylic acids is 1. The molecule has 2 saturated heterocycles. The Morgan fingerprint density at radius 2 is 1.75 bits per heavy atom. The van der Waals surface area contributed by atoms with E-state index in [0.29, 0.717) is 55.6 Å². The van der Waals surface area contributed by atoms with E-state index < -0.39 is 6.10 Å². The lowest BCUT2D eigenvalue weighted by molar-refractivity contribution is 0.102. The Bertz CT molecular complexity index is 1340. The Kier molecular flexibility index (Phi) is 7.98. The van der Waals surface area contributed by atoms with Crippen molar-refractivity contribution in [2.24, 2.45) is 17.2 Å². The highest BCUT2D eigenvalue weighted by molar-refractivity contribution is 6.05. The van der Waals surface area contributed by atoms with Gasteiger partial charge in [-0.15, -0.1) is 0 Å². The van der Waals surface area contributed by atoms with Crippen molar-refractivity contribution in [3.8, 4) is 5.75 Å². The third kappa shape index (κ3) is 6.07. The first-order valence-electron chi connectivity index (χ1n) is 13.3. The average molecular weight is 549 g/mol. The van der Waals surface area contributed by atoms with Gasteiger partial charge in [0, 0.05) is 55.6 Å². The van der Waals surface area contributed by atoms with E-state index in [1.807, 2.05) is 28.9 Å². The van der Waals surface area contributed by atoms with Crippen molar-refractivity contribution in [1.82, 2.24) is 15.0 Å². The van der Waals surface area contributed by atoms with Gasteiger partial charge in [-0.1, -0.05) is 17.7 Å². The lowest BCUT2D eigenvalue weighted by atomic mass is 10.0. The van der Waals surface area contributed by atoms with Crippen LogP contribution in [-0.2, 0) is 0 Å². The van der Waals surface area contributed by atoms with Gasteiger partial charge in [-0.3, -0.25) is 4.79 Å². The van der Waals surface area contributed by atoms with Gasteiger partial charge < -0.3 is 47.8 Å². The maximum atomic E-state index is 12.6. The molecular weight excluding hydrogens is 512 g/mol. The molecule has 3 heterocycles. The highest BCUT2D eigenvalue weighted by Gasteiger charge is 2.35. The Labute approximate surface area is 232 Å². The Morgan fingerprint density at radius 3 is 2.42 bits per heavy atom. The monoisotopic (exact) mass is 548 g/mol. The van der Waals surface area contributed by atoms with E-state index in [-0.39, 0.29) is 48.0 Å². The maximum Gasteiger partial charge on any atom is 0.255 e. The van der Waals surface area contributed by atoms with Crippen LogP contribution in [0.2, 0.25) is 0 Å². The van der Waals surface area contributed by atoms with Crippen LogP contribution in [0.3, 0.4) is 0 Å². The molecule has 40 heavy (non-hydrogen) atoms. The van der Waals surface area contributed by atoms with Gasteiger partial charge >= 0.3 is 0 Å². The molecule has 4 atom stereocenters. The molecule has 0 saturated carbocycles. The first-order chi connectivity index (χ1) is 19.2. The van der Waals surface area contributed by atoms with Crippen LogP contribution in [0.5, 0.6) is 5.75 Å². The number of nitrogens with zero attached hydrogens (tertiary/aromatic N) is 5. The minimum absolute atomic E-state index is 0.120. The average Bonchev–Trinajstić information content (AvgIpc) is 3.30. The number of aliphatic hydroxyl groups excluding tert-OH is 1. The van der Waals surface area contributed by atoms with Crippen LogP contribution >= 0.6 is 0 Å². The molecule has 2 aromatic carbocycles. The number of benzene rings is 2. The van der Waals surface area contributed by atoms with Crippen molar-refractivity contribution in [3.63, 3.8) is 0 Å². The number of carbonyl (C=O) groups is 1. The number of nitrogens with one attached hydrogen (secondary N) is 2. The molecule has 1 aromatic heterocycles. The van der Waals surface area contributed by atoms with E-state index in [1.54, 1.807) is 24.3 Å². The zero-order chi connectivity index (χ0) is 28.4. The van der Waals surface area contributed by atoms with Crippen molar-refractivity contribution in [2.45, 2.75) is 44.0 Å². The van der Waals surface area contributed by atoms with Crippen molar-refractivity contribution < 1.29 is 15.0 Å². The zero-order valence-corrected chi connectivity index (χ0v) is 22.4. The molecule has 5 rings (SSSR count). The van der Waals surface area contributed by atoms with E-state index in [2.05, 4.69) is 20.6 Å². The molecule has 0 aliphatic carbocycles. The Morgan fingerprint density at radius 1 is 1.05 bits per heavy atom. The van der Waals surface area contributed by atoms with E-state index in [9.17, 15) is 15.0 Å². The molecule has 10 N–H and O–H groups in total. The summed E-state index contributed by atoms with van der Waals surface area (Å²) in [6.45, 7) is 3.81. The summed E-state index contributed by atoms with van der Waals surface area (Å²) in [6.07, 6.45) is 0.673.